The predicted octanol–water partition coefficient (Wildman–Crippen LogP) is 2.28. The maximum Gasteiger partial charge on any atom is 0.138 e. The lowest BCUT2D eigenvalue weighted by Gasteiger charge is -2.26. The van der Waals surface area contributed by atoms with E-state index in [-0.39, 0.29) is 0 Å². The molecule has 1 unspecified atom stereocenters. The molecule has 5 heteroatoms. The van der Waals surface area contributed by atoms with Crippen LogP contribution in [0.15, 0.2) is 6.33 Å². The van der Waals surface area contributed by atoms with Gasteiger partial charge in [0.1, 0.15) is 12.2 Å². The monoisotopic (exact) mass is 279 g/mol. The molecule has 0 radical (unpaired) electrons. The zero-order valence-electron chi connectivity index (χ0n) is 12.9. The average molecular weight is 279 g/mol. The van der Waals surface area contributed by atoms with Gasteiger partial charge in [-0.05, 0) is 18.3 Å². The van der Waals surface area contributed by atoms with Gasteiger partial charge in [0.2, 0.25) is 0 Å². The molecule has 0 spiro atoms. The normalized spacial score (nSPS) is 18.6. The van der Waals surface area contributed by atoms with Gasteiger partial charge in [0.25, 0.3) is 0 Å². The molecule has 1 aromatic rings. The van der Waals surface area contributed by atoms with Gasteiger partial charge >= 0.3 is 0 Å². The Kier molecular flexibility index (Phi) is 5.98. The minimum absolute atomic E-state index is 0.313. The quantitative estimate of drug-likeness (QED) is 0.593. The van der Waals surface area contributed by atoms with Crippen molar-refractivity contribution in [2.24, 2.45) is 17.7 Å². The first-order valence-electron chi connectivity index (χ1n) is 8.01. The Morgan fingerprint density at radius 2 is 2.10 bits per heavy atom. The molecule has 1 aliphatic rings. The Labute approximate surface area is 122 Å². The molecule has 0 saturated heterocycles. The minimum Gasteiger partial charge on any atom is -0.271 e. The molecule has 1 fully saturated rings. The third-order valence-corrected chi connectivity index (χ3v) is 4.24. The van der Waals surface area contributed by atoms with E-state index < -0.39 is 0 Å². The second kappa shape index (κ2) is 7.74. The summed E-state index contributed by atoms with van der Waals surface area (Å²) in [6, 6.07) is 0.313. The predicted molar refractivity (Wildman–Crippen MR) is 80.9 cm³/mol. The van der Waals surface area contributed by atoms with Crippen molar-refractivity contribution in [3.8, 4) is 0 Å². The summed E-state index contributed by atoms with van der Waals surface area (Å²) >= 11 is 0. The summed E-state index contributed by atoms with van der Waals surface area (Å²) < 4.78 is 2.02. The number of hydrazine groups is 1. The average Bonchev–Trinajstić information content (AvgIpc) is 2.85. The molecule has 3 N–H and O–H groups in total. The molecule has 0 aromatic carbocycles. The zero-order chi connectivity index (χ0) is 14.4. The van der Waals surface area contributed by atoms with Crippen molar-refractivity contribution in [3.63, 3.8) is 0 Å². The van der Waals surface area contributed by atoms with Gasteiger partial charge in [0.05, 0.1) is 0 Å². The number of rotatable bonds is 7. The van der Waals surface area contributed by atoms with E-state index >= 15 is 0 Å². The molecule has 1 aromatic heterocycles. The Balaban J connectivity index is 1.90. The lowest BCUT2D eigenvalue weighted by atomic mass is 9.84. The van der Waals surface area contributed by atoms with Crippen molar-refractivity contribution < 1.29 is 0 Å². The van der Waals surface area contributed by atoms with E-state index in [0.717, 1.165) is 31.1 Å². The standard InChI is InChI=1S/C15H29N5/c1-12(2)10-20-15(17-11-18-20)9-14(19-16)8-13-6-4-3-5-7-13/h11-14,19H,3-10,16H2,1-2H3. The smallest absolute Gasteiger partial charge is 0.138 e. The SMILES string of the molecule is CC(C)Cn1ncnc1CC(CC1CCCCC1)NN. The van der Waals surface area contributed by atoms with E-state index in [9.17, 15) is 0 Å². The van der Waals surface area contributed by atoms with Crippen LogP contribution < -0.4 is 11.3 Å². The van der Waals surface area contributed by atoms with Crippen LogP contribution in [0, 0.1) is 11.8 Å². The zero-order valence-corrected chi connectivity index (χ0v) is 12.9. The molecule has 1 aliphatic carbocycles. The number of hydrogen-bond acceptors (Lipinski definition) is 4. The summed E-state index contributed by atoms with van der Waals surface area (Å²) in [6.45, 7) is 5.33. The largest absolute Gasteiger partial charge is 0.271 e. The number of aromatic nitrogens is 3. The molecular weight excluding hydrogens is 250 g/mol. The van der Waals surface area contributed by atoms with Crippen LogP contribution in [-0.4, -0.2) is 20.8 Å². The molecule has 20 heavy (non-hydrogen) atoms. The molecule has 5 nitrogen and oxygen atoms in total. The summed E-state index contributed by atoms with van der Waals surface area (Å²) in [4.78, 5) is 4.41. The summed E-state index contributed by atoms with van der Waals surface area (Å²) in [5.41, 5.74) is 2.99. The fourth-order valence-corrected chi connectivity index (χ4v) is 3.20. The Morgan fingerprint density at radius 1 is 1.35 bits per heavy atom. The van der Waals surface area contributed by atoms with Crippen LogP contribution in [0.1, 0.15) is 58.2 Å². The van der Waals surface area contributed by atoms with E-state index in [1.165, 1.54) is 32.1 Å². The minimum atomic E-state index is 0.313. The van der Waals surface area contributed by atoms with Gasteiger partial charge in [-0.1, -0.05) is 46.0 Å². The topological polar surface area (TPSA) is 68.8 Å². The van der Waals surface area contributed by atoms with Gasteiger partial charge < -0.3 is 0 Å². The molecule has 1 atom stereocenters. The van der Waals surface area contributed by atoms with Crippen molar-refractivity contribution in [2.45, 2.75) is 71.4 Å². The number of nitrogens with two attached hydrogens (primary N) is 1. The van der Waals surface area contributed by atoms with Gasteiger partial charge in [0, 0.05) is 19.0 Å². The van der Waals surface area contributed by atoms with E-state index in [1.807, 2.05) is 4.68 Å². The Morgan fingerprint density at radius 3 is 2.75 bits per heavy atom. The molecule has 0 aliphatic heterocycles. The van der Waals surface area contributed by atoms with Gasteiger partial charge in [0.15, 0.2) is 0 Å². The number of nitrogens with one attached hydrogen (secondary N) is 1. The third kappa shape index (κ3) is 4.56. The highest BCUT2D eigenvalue weighted by Crippen LogP contribution is 2.27. The highest BCUT2D eigenvalue weighted by atomic mass is 15.3. The summed E-state index contributed by atoms with van der Waals surface area (Å²) in [7, 11) is 0. The summed E-state index contributed by atoms with van der Waals surface area (Å²) in [5.74, 6) is 8.21. The Hall–Kier alpha value is -0.940. The van der Waals surface area contributed by atoms with E-state index in [4.69, 9.17) is 5.84 Å². The van der Waals surface area contributed by atoms with Crippen LogP contribution in [0.5, 0.6) is 0 Å². The first-order chi connectivity index (χ1) is 9.69. The second-order valence-electron chi connectivity index (χ2n) is 6.56. The van der Waals surface area contributed by atoms with E-state index in [0.29, 0.717) is 12.0 Å². The van der Waals surface area contributed by atoms with E-state index in [2.05, 4.69) is 29.4 Å². The van der Waals surface area contributed by atoms with Crippen LogP contribution in [0.4, 0.5) is 0 Å². The van der Waals surface area contributed by atoms with Crippen molar-refractivity contribution in [1.29, 1.82) is 0 Å². The van der Waals surface area contributed by atoms with Gasteiger partial charge in [-0.15, -0.1) is 0 Å². The highest BCUT2D eigenvalue weighted by Gasteiger charge is 2.20. The number of hydrogen-bond donors (Lipinski definition) is 2. The van der Waals surface area contributed by atoms with Crippen LogP contribution in [0.25, 0.3) is 0 Å². The lowest BCUT2D eigenvalue weighted by molar-refractivity contribution is 0.294. The van der Waals surface area contributed by atoms with Crippen LogP contribution >= 0.6 is 0 Å². The molecule has 1 heterocycles. The lowest BCUT2D eigenvalue weighted by Crippen LogP contribution is -2.39. The Bertz CT molecular complexity index is 381. The van der Waals surface area contributed by atoms with Crippen molar-refractivity contribution in [2.75, 3.05) is 0 Å². The van der Waals surface area contributed by atoms with Gasteiger partial charge in [-0.25, -0.2) is 9.67 Å². The molecule has 2 rings (SSSR count). The highest BCUT2D eigenvalue weighted by molar-refractivity contribution is 4.90. The van der Waals surface area contributed by atoms with Crippen molar-refractivity contribution in [3.05, 3.63) is 12.2 Å². The van der Waals surface area contributed by atoms with Gasteiger partial charge in [-0.2, -0.15) is 5.10 Å². The molecular formula is C15H29N5. The first kappa shape index (κ1) is 15.4. The maximum atomic E-state index is 5.75. The van der Waals surface area contributed by atoms with Crippen molar-refractivity contribution >= 4 is 0 Å². The number of nitrogens with zero attached hydrogens (tertiary/aromatic N) is 3. The molecule has 0 amide bonds. The fraction of sp³-hybridized carbons (Fsp3) is 0.867. The second-order valence-corrected chi connectivity index (χ2v) is 6.56. The summed E-state index contributed by atoms with van der Waals surface area (Å²) in [6.07, 6.45) is 10.6. The molecule has 114 valence electrons. The van der Waals surface area contributed by atoms with Crippen LogP contribution in [0.3, 0.4) is 0 Å². The van der Waals surface area contributed by atoms with Gasteiger partial charge in [-0.3, -0.25) is 11.3 Å². The molecule has 1 saturated carbocycles. The molecule has 0 bridgehead atoms. The third-order valence-electron chi connectivity index (χ3n) is 4.24. The fourth-order valence-electron chi connectivity index (χ4n) is 3.20. The van der Waals surface area contributed by atoms with Crippen molar-refractivity contribution in [1.82, 2.24) is 20.2 Å². The summed E-state index contributed by atoms with van der Waals surface area (Å²) in [5, 5.41) is 4.33. The van der Waals surface area contributed by atoms with Crippen LogP contribution in [0.2, 0.25) is 0 Å². The first-order valence-corrected chi connectivity index (χ1v) is 8.01. The van der Waals surface area contributed by atoms with E-state index in [1.54, 1.807) is 6.33 Å². The maximum absolute atomic E-state index is 5.75. The van der Waals surface area contributed by atoms with Crippen LogP contribution in [-0.2, 0) is 13.0 Å².